The standard InChI is InChI=1S/C17H26N2O3/c1-5-19-13(4)10-12(3)15(19)16(20)18-9-7-8-14(11-18)17(21)22-6-2/h10,14H,5-9,11H2,1-4H3/t14-/m0/s1. The molecule has 122 valence electrons. The molecule has 0 radical (unpaired) electrons. The Morgan fingerprint density at radius 3 is 2.68 bits per heavy atom. The highest BCUT2D eigenvalue weighted by Crippen LogP contribution is 2.23. The van der Waals surface area contributed by atoms with Gasteiger partial charge in [-0.05, 0) is 52.2 Å². The number of hydrogen-bond acceptors (Lipinski definition) is 3. The van der Waals surface area contributed by atoms with Crippen molar-refractivity contribution >= 4 is 11.9 Å². The van der Waals surface area contributed by atoms with Crippen LogP contribution in [-0.2, 0) is 16.1 Å². The first-order valence-corrected chi connectivity index (χ1v) is 8.12. The Morgan fingerprint density at radius 2 is 2.05 bits per heavy atom. The molecule has 0 unspecified atom stereocenters. The minimum atomic E-state index is -0.191. The van der Waals surface area contributed by atoms with Crippen molar-refractivity contribution < 1.29 is 14.3 Å². The molecule has 1 fully saturated rings. The van der Waals surface area contributed by atoms with Gasteiger partial charge in [-0.15, -0.1) is 0 Å². The van der Waals surface area contributed by atoms with Crippen molar-refractivity contribution in [3.8, 4) is 0 Å². The van der Waals surface area contributed by atoms with Crippen LogP contribution < -0.4 is 0 Å². The number of hydrogen-bond donors (Lipinski definition) is 0. The molecule has 1 amide bonds. The fourth-order valence-corrected chi connectivity index (χ4v) is 3.30. The Kier molecular flexibility index (Phi) is 5.27. The Morgan fingerprint density at radius 1 is 1.32 bits per heavy atom. The first-order chi connectivity index (χ1) is 10.5. The van der Waals surface area contributed by atoms with Crippen LogP contribution in [0.5, 0.6) is 0 Å². The maximum absolute atomic E-state index is 12.9. The van der Waals surface area contributed by atoms with E-state index in [9.17, 15) is 9.59 Å². The summed E-state index contributed by atoms with van der Waals surface area (Å²) in [6, 6.07) is 2.05. The molecule has 1 aromatic heterocycles. The van der Waals surface area contributed by atoms with Gasteiger partial charge >= 0.3 is 5.97 Å². The van der Waals surface area contributed by atoms with Crippen LogP contribution in [0.1, 0.15) is 48.4 Å². The van der Waals surface area contributed by atoms with Crippen LogP contribution in [0.2, 0.25) is 0 Å². The molecule has 0 aromatic carbocycles. The highest BCUT2D eigenvalue weighted by atomic mass is 16.5. The van der Waals surface area contributed by atoms with Gasteiger partial charge in [0.25, 0.3) is 5.91 Å². The van der Waals surface area contributed by atoms with Crippen LogP contribution in [0.3, 0.4) is 0 Å². The third kappa shape index (κ3) is 3.18. The summed E-state index contributed by atoms with van der Waals surface area (Å²) < 4.78 is 7.15. The fraction of sp³-hybridized carbons (Fsp3) is 0.647. The third-order valence-electron chi connectivity index (χ3n) is 4.34. The van der Waals surface area contributed by atoms with Gasteiger partial charge in [-0.3, -0.25) is 9.59 Å². The molecule has 0 N–H and O–H groups in total. The van der Waals surface area contributed by atoms with E-state index in [1.54, 1.807) is 4.90 Å². The van der Waals surface area contributed by atoms with E-state index in [0.717, 1.165) is 36.3 Å². The number of piperidine rings is 1. The minimum Gasteiger partial charge on any atom is -0.466 e. The number of rotatable bonds is 4. The van der Waals surface area contributed by atoms with Gasteiger partial charge in [-0.25, -0.2) is 0 Å². The summed E-state index contributed by atoms with van der Waals surface area (Å²) in [4.78, 5) is 26.6. The number of ether oxygens (including phenoxy) is 1. The van der Waals surface area contributed by atoms with Gasteiger partial charge in [0, 0.05) is 25.3 Å². The van der Waals surface area contributed by atoms with Crippen LogP contribution >= 0.6 is 0 Å². The summed E-state index contributed by atoms with van der Waals surface area (Å²) in [5, 5.41) is 0. The molecule has 1 saturated heterocycles. The maximum atomic E-state index is 12.9. The van der Waals surface area contributed by atoms with Crippen molar-refractivity contribution in [2.45, 2.75) is 47.1 Å². The van der Waals surface area contributed by atoms with Crippen LogP contribution in [0.15, 0.2) is 6.07 Å². The highest BCUT2D eigenvalue weighted by Gasteiger charge is 2.31. The predicted octanol–water partition coefficient (Wildman–Crippen LogP) is 2.54. The highest BCUT2D eigenvalue weighted by molar-refractivity contribution is 5.95. The smallest absolute Gasteiger partial charge is 0.310 e. The molecule has 0 aliphatic carbocycles. The molecule has 0 bridgehead atoms. The summed E-state index contributed by atoms with van der Waals surface area (Å²) in [6.45, 7) is 10.2. The van der Waals surface area contributed by atoms with Crippen LogP contribution in [0, 0.1) is 19.8 Å². The van der Waals surface area contributed by atoms with Crippen molar-refractivity contribution in [2.75, 3.05) is 19.7 Å². The van der Waals surface area contributed by atoms with E-state index >= 15 is 0 Å². The molecular formula is C17H26N2O3. The van der Waals surface area contributed by atoms with Gasteiger partial charge in [0.15, 0.2) is 0 Å². The fourth-order valence-electron chi connectivity index (χ4n) is 3.30. The first kappa shape index (κ1) is 16.6. The molecule has 0 saturated carbocycles. The molecule has 1 atom stereocenters. The summed E-state index contributed by atoms with van der Waals surface area (Å²) >= 11 is 0. The largest absolute Gasteiger partial charge is 0.466 e. The van der Waals surface area contributed by atoms with E-state index in [-0.39, 0.29) is 17.8 Å². The van der Waals surface area contributed by atoms with Crippen molar-refractivity contribution in [1.29, 1.82) is 0 Å². The van der Waals surface area contributed by atoms with Crippen molar-refractivity contribution in [3.05, 3.63) is 23.0 Å². The maximum Gasteiger partial charge on any atom is 0.310 e. The molecule has 5 nitrogen and oxygen atoms in total. The number of nitrogens with zero attached hydrogens (tertiary/aromatic N) is 2. The number of amides is 1. The van der Waals surface area contributed by atoms with E-state index in [2.05, 4.69) is 0 Å². The predicted molar refractivity (Wildman–Crippen MR) is 84.8 cm³/mol. The lowest BCUT2D eigenvalue weighted by Gasteiger charge is -2.32. The topological polar surface area (TPSA) is 51.5 Å². The number of carbonyl (C=O) groups excluding carboxylic acids is 2. The lowest BCUT2D eigenvalue weighted by molar-refractivity contribution is -0.149. The van der Waals surface area contributed by atoms with Gasteiger partial charge in [0.05, 0.1) is 12.5 Å². The minimum absolute atomic E-state index is 0.0291. The van der Waals surface area contributed by atoms with Crippen molar-refractivity contribution in [3.63, 3.8) is 0 Å². The molecule has 5 heteroatoms. The molecule has 22 heavy (non-hydrogen) atoms. The van der Waals surface area contributed by atoms with Gasteiger partial charge in [-0.1, -0.05) is 0 Å². The quantitative estimate of drug-likeness (QED) is 0.803. The van der Waals surface area contributed by atoms with Gasteiger partial charge in [0.1, 0.15) is 5.69 Å². The first-order valence-electron chi connectivity index (χ1n) is 8.12. The summed E-state index contributed by atoms with van der Waals surface area (Å²) in [6.07, 6.45) is 1.65. The Balaban J connectivity index is 2.17. The van der Waals surface area contributed by atoms with E-state index in [1.165, 1.54) is 0 Å². The summed E-state index contributed by atoms with van der Waals surface area (Å²) in [5.74, 6) is -0.343. The van der Waals surface area contributed by atoms with Crippen molar-refractivity contribution in [2.24, 2.45) is 5.92 Å². The van der Waals surface area contributed by atoms with E-state index in [4.69, 9.17) is 4.74 Å². The van der Waals surface area contributed by atoms with E-state index in [1.807, 2.05) is 38.3 Å². The molecule has 1 aromatic rings. The molecule has 2 heterocycles. The molecule has 1 aliphatic rings. The number of aryl methyl sites for hydroxylation is 2. The monoisotopic (exact) mass is 306 g/mol. The SMILES string of the molecule is CCOC(=O)[C@H]1CCCN(C(=O)c2c(C)cc(C)n2CC)C1. The number of likely N-dealkylation sites (tertiary alicyclic amines) is 1. The number of esters is 1. The molecular weight excluding hydrogens is 280 g/mol. The van der Waals surface area contributed by atoms with Crippen LogP contribution in [0.4, 0.5) is 0 Å². The van der Waals surface area contributed by atoms with E-state index < -0.39 is 0 Å². The normalized spacial score (nSPS) is 18.4. The Labute approximate surface area is 132 Å². The Hall–Kier alpha value is -1.78. The zero-order valence-electron chi connectivity index (χ0n) is 14.0. The lowest BCUT2D eigenvalue weighted by Crippen LogP contribution is -2.43. The zero-order valence-corrected chi connectivity index (χ0v) is 14.0. The summed E-state index contributed by atoms with van der Waals surface area (Å²) in [5.41, 5.74) is 2.86. The van der Waals surface area contributed by atoms with Gasteiger partial charge in [0.2, 0.25) is 0 Å². The second kappa shape index (κ2) is 6.99. The van der Waals surface area contributed by atoms with Crippen molar-refractivity contribution in [1.82, 2.24) is 9.47 Å². The van der Waals surface area contributed by atoms with Gasteiger partial charge < -0.3 is 14.2 Å². The lowest BCUT2D eigenvalue weighted by atomic mass is 9.98. The molecule has 2 rings (SSSR count). The van der Waals surface area contributed by atoms with Crippen LogP contribution in [0.25, 0.3) is 0 Å². The number of aromatic nitrogens is 1. The second-order valence-electron chi connectivity index (χ2n) is 5.90. The average molecular weight is 306 g/mol. The average Bonchev–Trinajstić information content (AvgIpc) is 2.80. The Bertz CT molecular complexity index is 562. The molecule has 1 aliphatic heterocycles. The molecule has 0 spiro atoms. The van der Waals surface area contributed by atoms with Gasteiger partial charge in [-0.2, -0.15) is 0 Å². The second-order valence-corrected chi connectivity index (χ2v) is 5.90. The summed E-state index contributed by atoms with van der Waals surface area (Å²) in [7, 11) is 0. The number of carbonyl (C=O) groups is 2. The zero-order chi connectivity index (χ0) is 16.3. The van der Waals surface area contributed by atoms with E-state index in [0.29, 0.717) is 19.7 Å². The third-order valence-corrected chi connectivity index (χ3v) is 4.34. The van der Waals surface area contributed by atoms with Crippen LogP contribution in [-0.4, -0.2) is 41.0 Å².